The standard InChI is InChI=1S/C13H18N2O4S/c1-9(16)15(2)12-14-10(8-20-12)7-19-11(17)13(18)5-3-4-6-13/h8,18H,3-7H2,1-2H3. The van der Waals surface area contributed by atoms with E-state index >= 15 is 0 Å². The van der Waals surface area contributed by atoms with E-state index in [2.05, 4.69) is 4.98 Å². The normalized spacial score (nSPS) is 16.9. The van der Waals surface area contributed by atoms with Crippen LogP contribution in [0.25, 0.3) is 0 Å². The van der Waals surface area contributed by atoms with Crippen molar-refractivity contribution < 1.29 is 19.4 Å². The maximum atomic E-state index is 11.8. The summed E-state index contributed by atoms with van der Waals surface area (Å²) < 4.78 is 5.12. The first-order valence-corrected chi connectivity index (χ1v) is 7.39. The molecule has 0 atom stereocenters. The number of aliphatic hydroxyl groups is 1. The number of hydrogen-bond acceptors (Lipinski definition) is 6. The molecule has 0 aliphatic heterocycles. The van der Waals surface area contributed by atoms with Gasteiger partial charge in [-0.2, -0.15) is 0 Å². The molecule has 7 heteroatoms. The first-order chi connectivity index (χ1) is 9.42. The number of amides is 1. The van der Waals surface area contributed by atoms with E-state index in [1.165, 1.54) is 23.2 Å². The zero-order chi connectivity index (χ0) is 14.8. The summed E-state index contributed by atoms with van der Waals surface area (Å²) in [5.41, 5.74) is -0.747. The van der Waals surface area contributed by atoms with Crippen LogP contribution in [0.4, 0.5) is 5.13 Å². The highest BCUT2D eigenvalue weighted by atomic mass is 32.1. The molecule has 0 spiro atoms. The highest BCUT2D eigenvalue weighted by Crippen LogP contribution is 2.31. The number of aromatic nitrogens is 1. The first-order valence-electron chi connectivity index (χ1n) is 6.51. The summed E-state index contributed by atoms with van der Waals surface area (Å²) in [7, 11) is 1.64. The predicted octanol–water partition coefficient (Wildman–Crippen LogP) is 1.47. The van der Waals surface area contributed by atoms with Crippen molar-refractivity contribution >= 4 is 28.3 Å². The van der Waals surface area contributed by atoms with E-state index in [0.29, 0.717) is 23.7 Å². The quantitative estimate of drug-likeness (QED) is 0.852. The lowest BCUT2D eigenvalue weighted by atomic mass is 10.0. The van der Waals surface area contributed by atoms with Crippen molar-refractivity contribution in [2.24, 2.45) is 0 Å². The van der Waals surface area contributed by atoms with Gasteiger partial charge in [0.1, 0.15) is 6.61 Å². The summed E-state index contributed by atoms with van der Waals surface area (Å²) in [5, 5.41) is 12.4. The van der Waals surface area contributed by atoms with E-state index in [1.807, 2.05) is 0 Å². The molecule has 1 fully saturated rings. The van der Waals surface area contributed by atoms with Crippen LogP contribution < -0.4 is 4.90 Å². The van der Waals surface area contributed by atoms with Crippen LogP contribution in [0.5, 0.6) is 0 Å². The third-order valence-electron chi connectivity index (χ3n) is 3.46. The van der Waals surface area contributed by atoms with Crippen molar-refractivity contribution in [2.75, 3.05) is 11.9 Å². The Morgan fingerprint density at radius 2 is 2.15 bits per heavy atom. The van der Waals surface area contributed by atoms with Gasteiger partial charge >= 0.3 is 5.97 Å². The summed E-state index contributed by atoms with van der Waals surface area (Å²) in [6.45, 7) is 1.47. The molecule has 6 nitrogen and oxygen atoms in total. The Kier molecular flexibility index (Phi) is 4.39. The van der Waals surface area contributed by atoms with E-state index in [0.717, 1.165) is 12.8 Å². The predicted molar refractivity (Wildman–Crippen MR) is 74.4 cm³/mol. The minimum atomic E-state index is -1.32. The molecule has 1 aliphatic rings. The zero-order valence-electron chi connectivity index (χ0n) is 11.6. The molecule has 0 saturated heterocycles. The monoisotopic (exact) mass is 298 g/mol. The topological polar surface area (TPSA) is 79.7 Å². The highest BCUT2D eigenvalue weighted by molar-refractivity contribution is 7.14. The molecule has 0 radical (unpaired) electrons. The molecular formula is C13H18N2O4S. The van der Waals surface area contributed by atoms with Crippen LogP contribution in [0.1, 0.15) is 38.3 Å². The van der Waals surface area contributed by atoms with Crippen molar-refractivity contribution in [3.63, 3.8) is 0 Å². The second-order valence-electron chi connectivity index (χ2n) is 5.01. The Hall–Kier alpha value is -1.47. The molecule has 1 saturated carbocycles. The maximum Gasteiger partial charge on any atom is 0.338 e. The van der Waals surface area contributed by atoms with Crippen molar-refractivity contribution in [2.45, 2.75) is 44.8 Å². The van der Waals surface area contributed by atoms with Crippen molar-refractivity contribution in [1.29, 1.82) is 0 Å². The molecule has 0 bridgehead atoms. The highest BCUT2D eigenvalue weighted by Gasteiger charge is 2.40. The average molecular weight is 298 g/mol. The van der Waals surface area contributed by atoms with Crippen LogP contribution in [-0.2, 0) is 20.9 Å². The van der Waals surface area contributed by atoms with Gasteiger partial charge in [0.25, 0.3) is 0 Å². The Morgan fingerprint density at radius 1 is 1.50 bits per heavy atom. The van der Waals surface area contributed by atoms with Crippen LogP contribution in [0, 0.1) is 0 Å². The van der Waals surface area contributed by atoms with Gasteiger partial charge in [0.05, 0.1) is 5.69 Å². The summed E-state index contributed by atoms with van der Waals surface area (Å²) in [5.74, 6) is -0.687. The van der Waals surface area contributed by atoms with Gasteiger partial charge in [-0.1, -0.05) is 0 Å². The van der Waals surface area contributed by atoms with Gasteiger partial charge < -0.3 is 9.84 Å². The SMILES string of the molecule is CC(=O)N(C)c1nc(COC(=O)C2(O)CCCC2)cs1. The number of rotatable bonds is 4. The molecule has 1 amide bonds. The molecule has 0 unspecified atom stereocenters. The summed E-state index contributed by atoms with van der Waals surface area (Å²) in [6.07, 6.45) is 2.61. The van der Waals surface area contributed by atoms with E-state index in [4.69, 9.17) is 4.74 Å². The summed E-state index contributed by atoms with van der Waals surface area (Å²) in [6, 6.07) is 0. The summed E-state index contributed by atoms with van der Waals surface area (Å²) >= 11 is 1.31. The van der Waals surface area contributed by atoms with Gasteiger partial charge in [-0.3, -0.25) is 9.69 Å². The number of nitrogens with zero attached hydrogens (tertiary/aromatic N) is 2. The second-order valence-corrected chi connectivity index (χ2v) is 5.85. The van der Waals surface area contributed by atoms with Gasteiger partial charge in [0, 0.05) is 19.4 Å². The van der Waals surface area contributed by atoms with Gasteiger partial charge in [-0.15, -0.1) is 11.3 Å². The molecule has 110 valence electrons. The molecular weight excluding hydrogens is 280 g/mol. The third kappa shape index (κ3) is 3.16. The molecule has 1 N–H and O–H groups in total. The third-order valence-corrected chi connectivity index (χ3v) is 4.43. The number of hydrogen-bond donors (Lipinski definition) is 1. The molecule has 1 aliphatic carbocycles. The molecule has 20 heavy (non-hydrogen) atoms. The maximum absolute atomic E-state index is 11.8. The van der Waals surface area contributed by atoms with Gasteiger partial charge in [0.15, 0.2) is 10.7 Å². The largest absolute Gasteiger partial charge is 0.457 e. The van der Waals surface area contributed by atoms with E-state index < -0.39 is 11.6 Å². The van der Waals surface area contributed by atoms with Crippen LogP contribution >= 0.6 is 11.3 Å². The fourth-order valence-electron chi connectivity index (χ4n) is 2.09. The average Bonchev–Trinajstić information content (AvgIpc) is 3.04. The van der Waals surface area contributed by atoms with E-state index in [9.17, 15) is 14.7 Å². The molecule has 2 rings (SSSR count). The molecule has 1 heterocycles. The Balaban J connectivity index is 1.91. The van der Waals surface area contributed by atoms with Crippen molar-refractivity contribution in [3.8, 4) is 0 Å². The second kappa shape index (κ2) is 5.88. The number of carbonyl (C=O) groups excluding carboxylic acids is 2. The van der Waals surface area contributed by atoms with Crippen LogP contribution in [0.3, 0.4) is 0 Å². The number of ether oxygens (including phenoxy) is 1. The van der Waals surface area contributed by atoms with Crippen LogP contribution in [-0.4, -0.2) is 34.6 Å². The minimum absolute atomic E-state index is 0.0173. The Labute approximate surface area is 121 Å². The van der Waals surface area contributed by atoms with Crippen LogP contribution in [0.2, 0.25) is 0 Å². The van der Waals surface area contributed by atoms with E-state index in [-0.39, 0.29) is 12.5 Å². The van der Waals surface area contributed by atoms with E-state index in [1.54, 1.807) is 12.4 Å². The van der Waals surface area contributed by atoms with Crippen molar-refractivity contribution in [3.05, 3.63) is 11.1 Å². The molecule has 0 aromatic carbocycles. The van der Waals surface area contributed by atoms with Gasteiger partial charge in [-0.25, -0.2) is 9.78 Å². The number of esters is 1. The number of carbonyl (C=O) groups is 2. The van der Waals surface area contributed by atoms with Gasteiger partial charge in [-0.05, 0) is 25.7 Å². The minimum Gasteiger partial charge on any atom is -0.457 e. The summed E-state index contributed by atoms with van der Waals surface area (Å²) in [4.78, 5) is 28.7. The fourth-order valence-corrected chi connectivity index (χ4v) is 2.91. The Bertz CT molecular complexity index is 508. The first kappa shape index (κ1) is 14.9. The lowest BCUT2D eigenvalue weighted by Gasteiger charge is -2.19. The Morgan fingerprint density at radius 3 is 2.75 bits per heavy atom. The number of thiazole rings is 1. The molecule has 1 aromatic heterocycles. The lowest BCUT2D eigenvalue weighted by Crippen LogP contribution is -2.36. The van der Waals surface area contributed by atoms with Crippen LogP contribution in [0.15, 0.2) is 5.38 Å². The fraction of sp³-hybridized carbons (Fsp3) is 0.615. The van der Waals surface area contributed by atoms with Crippen molar-refractivity contribution in [1.82, 2.24) is 4.98 Å². The smallest absolute Gasteiger partial charge is 0.338 e. The van der Waals surface area contributed by atoms with Gasteiger partial charge in [0.2, 0.25) is 5.91 Å². The zero-order valence-corrected chi connectivity index (χ0v) is 12.4. The lowest BCUT2D eigenvalue weighted by molar-refractivity contribution is -0.166. The molecule has 1 aromatic rings. The number of anilines is 1.